The average Bonchev–Trinajstić information content (AvgIpc) is 3.13. The summed E-state index contributed by atoms with van der Waals surface area (Å²) in [5.41, 5.74) is 1.07. The standard InChI is InChI=1S/C20H23NO4S/c1-14(2)20(24)21-16-10-8-15(9-11-16)18(22)13-25-19(23)7-3-5-17-6-4-12-26-17/h4,6,8-12,14H,3,5,7,13H2,1-2H3,(H,21,24). The number of esters is 1. The number of carbonyl (C=O) groups is 3. The zero-order chi connectivity index (χ0) is 18.9. The number of amides is 1. The lowest BCUT2D eigenvalue weighted by molar-refractivity contribution is -0.142. The van der Waals surface area contributed by atoms with Gasteiger partial charge in [0.25, 0.3) is 0 Å². The first-order valence-corrected chi connectivity index (χ1v) is 9.46. The molecule has 0 fully saturated rings. The van der Waals surface area contributed by atoms with Gasteiger partial charge in [-0.2, -0.15) is 0 Å². The molecule has 1 aromatic heterocycles. The number of Topliss-reactive ketones (excluding diaryl/α,β-unsaturated/α-hetero) is 1. The molecule has 1 aromatic carbocycles. The molecule has 0 aliphatic carbocycles. The zero-order valence-corrected chi connectivity index (χ0v) is 15.8. The van der Waals surface area contributed by atoms with Gasteiger partial charge in [0.1, 0.15) is 0 Å². The maximum absolute atomic E-state index is 12.1. The number of hydrogen-bond acceptors (Lipinski definition) is 5. The van der Waals surface area contributed by atoms with E-state index in [1.807, 2.05) is 31.4 Å². The van der Waals surface area contributed by atoms with Gasteiger partial charge in [-0.15, -0.1) is 11.3 Å². The molecule has 0 unspecified atom stereocenters. The fraction of sp³-hybridized carbons (Fsp3) is 0.350. The van der Waals surface area contributed by atoms with E-state index in [9.17, 15) is 14.4 Å². The highest BCUT2D eigenvalue weighted by atomic mass is 32.1. The van der Waals surface area contributed by atoms with E-state index >= 15 is 0 Å². The Morgan fingerprint density at radius 2 is 1.85 bits per heavy atom. The van der Waals surface area contributed by atoms with Crippen LogP contribution in [-0.4, -0.2) is 24.3 Å². The van der Waals surface area contributed by atoms with Crippen molar-refractivity contribution in [1.82, 2.24) is 0 Å². The molecule has 2 rings (SSSR count). The van der Waals surface area contributed by atoms with Crippen LogP contribution in [0.1, 0.15) is 41.9 Å². The number of carbonyl (C=O) groups excluding carboxylic acids is 3. The molecule has 0 atom stereocenters. The molecule has 2 aromatic rings. The largest absolute Gasteiger partial charge is 0.457 e. The highest BCUT2D eigenvalue weighted by Crippen LogP contribution is 2.13. The molecular weight excluding hydrogens is 350 g/mol. The molecule has 0 bridgehead atoms. The number of aryl methyl sites for hydroxylation is 1. The summed E-state index contributed by atoms with van der Waals surface area (Å²) in [5, 5.41) is 4.76. The van der Waals surface area contributed by atoms with Gasteiger partial charge in [-0.25, -0.2) is 0 Å². The van der Waals surface area contributed by atoms with Crippen molar-refractivity contribution in [3.05, 3.63) is 52.2 Å². The quantitative estimate of drug-likeness (QED) is 0.531. The Morgan fingerprint density at radius 1 is 1.12 bits per heavy atom. The number of ketones is 1. The summed E-state index contributed by atoms with van der Waals surface area (Å²) in [5.74, 6) is -0.829. The first-order valence-electron chi connectivity index (χ1n) is 8.58. The van der Waals surface area contributed by atoms with E-state index in [2.05, 4.69) is 5.32 Å². The molecule has 26 heavy (non-hydrogen) atoms. The van der Waals surface area contributed by atoms with Crippen molar-refractivity contribution < 1.29 is 19.1 Å². The fourth-order valence-corrected chi connectivity index (χ4v) is 2.94. The first-order chi connectivity index (χ1) is 12.5. The molecule has 0 saturated heterocycles. The van der Waals surface area contributed by atoms with Crippen LogP contribution in [0, 0.1) is 5.92 Å². The van der Waals surface area contributed by atoms with Crippen LogP contribution >= 0.6 is 11.3 Å². The summed E-state index contributed by atoms with van der Waals surface area (Å²) in [6.45, 7) is 3.35. The van der Waals surface area contributed by atoms with Gasteiger partial charge in [0.15, 0.2) is 12.4 Å². The normalized spacial score (nSPS) is 10.6. The Kier molecular flexibility index (Phi) is 7.53. The molecule has 138 valence electrons. The van der Waals surface area contributed by atoms with Crippen molar-refractivity contribution >= 4 is 34.7 Å². The van der Waals surface area contributed by atoms with Crippen LogP contribution in [0.4, 0.5) is 5.69 Å². The van der Waals surface area contributed by atoms with Gasteiger partial charge in [0.05, 0.1) is 0 Å². The van der Waals surface area contributed by atoms with Crippen LogP contribution in [0.25, 0.3) is 0 Å². The number of nitrogens with one attached hydrogen (secondary N) is 1. The Labute approximate surface area is 157 Å². The topological polar surface area (TPSA) is 72.5 Å². The Morgan fingerprint density at radius 3 is 2.46 bits per heavy atom. The molecule has 1 N–H and O–H groups in total. The predicted octanol–water partition coefficient (Wildman–Crippen LogP) is 4.09. The molecule has 5 nitrogen and oxygen atoms in total. The Hall–Kier alpha value is -2.47. The van der Waals surface area contributed by atoms with Crippen molar-refractivity contribution in [2.24, 2.45) is 5.92 Å². The van der Waals surface area contributed by atoms with Crippen LogP contribution in [0.15, 0.2) is 41.8 Å². The second kappa shape index (κ2) is 9.87. The summed E-state index contributed by atoms with van der Waals surface area (Å²) >= 11 is 1.66. The lowest BCUT2D eigenvalue weighted by Crippen LogP contribution is -2.18. The van der Waals surface area contributed by atoms with Gasteiger partial charge in [0, 0.05) is 28.5 Å². The number of rotatable bonds is 9. The molecule has 0 radical (unpaired) electrons. The summed E-state index contributed by atoms with van der Waals surface area (Å²) in [6, 6.07) is 10.6. The van der Waals surface area contributed by atoms with Gasteiger partial charge in [-0.1, -0.05) is 19.9 Å². The van der Waals surface area contributed by atoms with Crippen LogP contribution in [-0.2, 0) is 20.7 Å². The Bertz CT molecular complexity index is 736. The average molecular weight is 373 g/mol. The van der Waals surface area contributed by atoms with Crippen molar-refractivity contribution in [1.29, 1.82) is 0 Å². The Balaban J connectivity index is 1.73. The van der Waals surface area contributed by atoms with Crippen LogP contribution in [0.5, 0.6) is 0 Å². The van der Waals surface area contributed by atoms with E-state index in [0.717, 1.165) is 6.42 Å². The first kappa shape index (κ1) is 19.8. The van der Waals surface area contributed by atoms with E-state index in [4.69, 9.17) is 4.74 Å². The summed E-state index contributed by atoms with van der Waals surface area (Å²) < 4.78 is 5.05. The molecule has 0 saturated carbocycles. The minimum absolute atomic E-state index is 0.0828. The number of anilines is 1. The maximum atomic E-state index is 12.1. The number of ether oxygens (including phenoxy) is 1. The van der Waals surface area contributed by atoms with Crippen molar-refractivity contribution in [3.63, 3.8) is 0 Å². The third kappa shape index (κ3) is 6.44. The van der Waals surface area contributed by atoms with Crippen molar-refractivity contribution in [3.8, 4) is 0 Å². The van der Waals surface area contributed by atoms with Crippen LogP contribution < -0.4 is 5.32 Å². The van der Waals surface area contributed by atoms with Gasteiger partial charge in [-0.05, 0) is 48.6 Å². The summed E-state index contributed by atoms with van der Waals surface area (Å²) in [4.78, 5) is 36.7. The minimum atomic E-state index is -0.365. The molecular formula is C20H23NO4S. The number of thiophene rings is 1. The zero-order valence-electron chi connectivity index (χ0n) is 15.0. The van der Waals surface area contributed by atoms with E-state index in [-0.39, 0.29) is 30.2 Å². The van der Waals surface area contributed by atoms with E-state index in [1.54, 1.807) is 35.6 Å². The third-order valence-electron chi connectivity index (χ3n) is 3.75. The van der Waals surface area contributed by atoms with Gasteiger partial charge >= 0.3 is 5.97 Å². The van der Waals surface area contributed by atoms with Gasteiger partial charge < -0.3 is 10.1 Å². The predicted molar refractivity (Wildman–Crippen MR) is 102 cm³/mol. The molecule has 1 heterocycles. The molecule has 0 spiro atoms. The van der Waals surface area contributed by atoms with E-state index < -0.39 is 0 Å². The molecule has 0 aliphatic rings. The second-order valence-electron chi connectivity index (χ2n) is 6.24. The monoisotopic (exact) mass is 373 g/mol. The SMILES string of the molecule is CC(C)C(=O)Nc1ccc(C(=O)COC(=O)CCCc2cccs2)cc1. The number of hydrogen-bond donors (Lipinski definition) is 1. The highest BCUT2D eigenvalue weighted by molar-refractivity contribution is 7.09. The lowest BCUT2D eigenvalue weighted by Gasteiger charge is -2.08. The van der Waals surface area contributed by atoms with E-state index in [1.165, 1.54) is 4.88 Å². The lowest BCUT2D eigenvalue weighted by atomic mass is 10.1. The third-order valence-corrected chi connectivity index (χ3v) is 4.68. The molecule has 0 aliphatic heterocycles. The van der Waals surface area contributed by atoms with Gasteiger partial charge in [0.2, 0.25) is 5.91 Å². The van der Waals surface area contributed by atoms with Crippen LogP contribution in [0.3, 0.4) is 0 Å². The maximum Gasteiger partial charge on any atom is 0.306 e. The molecule has 6 heteroatoms. The summed E-state index contributed by atoms with van der Waals surface area (Å²) in [7, 11) is 0. The smallest absolute Gasteiger partial charge is 0.306 e. The summed E-state index contributed by atoms with van der Waals surface area (Å²) in [6.07, 6.45) is 1.84. The minimum Gasteiger partial charge on any atom is -0.457 e. The van der Waals surface area contributed by atoms with Crippen molar-refractivity contribution in [2.45, 2.75) is 33.1 Å². The molecule has 1 amide bonds. The fourth-order valence-electron chi connectivity index (χ4n) is 2.19. The highest BCUT2D eigenvalue weighted by Gasteiger charge is 2.11. The van der Waals surface area contributed by atoms with Crippen LogP contribution in [0.2, 0.25) is 0 Å². The number of benzene rings is 1. The van der Waals surface area contributed by atoms with E-state index in [0.29, 0.717) is 24.1 Å². The van der Waals surface area contributed by atoms with Gasteiger partial charge in [-0.3, -0.25) is 14.4 Å². The second-order valence-corrected chi connectivity index (χ2v) is 7.27. The van der Waals surface area contributed by atoms with Crippen molar-refractivity contribution in [2.75, 3.05) is 11.9 Å².